The topological polar surface area (TPSA) is 32.3 Å². The normalized spacial score (nSPS) is 24.8. The number of nitrogens with zero attached hydrogens (tertiary/aromatic N) is 1. The third-order valence-corrected chi connectivity index (χ3v) is 7.30. The number of nitrogens with one attached hydrogen (secondary N) is 1. The van der Waals surface area contributed by atoms with Crippen molar-refractivity contribution in [2.75, 3.05) is 19.6 Å². The molecule has 0 spiro atoms. The predicted molar refractivity (Wildman–Crippen MR) is 100 cm³/mol. The predicted octanol–water partition coefficient (Wildman–Crippen LogP) is 4.74. The second kappa shape index (κ2) is 7.48. The first kappa shape index (κ1) is 18.8. The summed E-state index contributed by atoms with van der Waals surface area (Å²) in [6.07, 6.45) is -2.03. The van der Waals surface area contributed by atoms with Crippen molar-refractivity contribution >= 4 is 29.0 Å². The van der Waals surface area contributed by atoms with E-state index in [0.717, 1.165) is 60.2 Å². The van der Waals surface area contributed by atoms with Gasteiger partial charge in [-0.05, 0) is 62.2 Å². The lowest BCUT2D eigenvalue weighted by Gasteiger charge is -2.44. The van der Waals surface area contributed by atoms with Crippen molar-refractivity contribution in [1.82, 2.24) is 10.2 Å². The van der Waals surface area contributed by atoms with Gasteiger partial charge in [0.15, 0.2) is 0 Å². The quantitative estimate of drug-likeness (QED) is 0.787. The molecule has 27 heavy (non-hydrogen) atoms. The minimum atomic E-state index is -4.31. The van der Waals surface area contributed by atoms with Gasteiger partial charge in [0, 0.05) is 28.4 Å². The molecule has 1 unspecified atom stereocenters. The molecular formula is C19H19F3N2OS2. The summed E-state index contributed by atoms with van der Waals surface area (Å²) in [6.45, 7) is 3.17. The first-order valence-corrected chi connectivity index (χ1v) is 10.5. The molecule has 1 amide bonds. The molecule has 5 rings (SSSR count). The van der Waals surface area contributed by atoms with Gasteiger partial charge in [0.25, 0.3) is 5.91 Å². The fraction of sp³-hybridized carbons (Fsp3) is 0.421. The Morgan fingerprint density at radius 3 is 2.44 bits per heavy atom. The van der Waals surface area contributed by atoms with E-state index in [4.69, 9.17) is 0 Å². The summed E-state index contributed by atoms with van der Waals surface area (Å²) in [5, 5.41) is 4.27. The number of alkyl halides is 3. The third-order valence-electron chi connectivity index (χ3n) is 5.21. The molecule has 1 N–H and O–H groups in total. The van der Waals surface area contributed by atoms with Crippen LogP contribution in [0.3, 0.4) is 0 Å². The smallest absolute Gasteiger partial charge is 0.348 e. The van der Waals surface area contributed by atoms with Crippen molar-refractivity contribution in [2.24, 2.45) is 5.92 Å². The number of carbonyl (C=O) groups is 1. The van der Waals surface area contributed by atoms with Crippen LogP contribution in [0, 0.1) is 5.92 Å². The number of carbonyl (C=O) groups excluding carboxylic acids is 1. The van der Waals surface area contributed by atoms with Crippen molar-refractivity contribution in [1.29, 1.82) is 0 Å². The summed E-state index contributed by atoms with van der Waals surface area (Å²) < 4.78 is 38.6. The van der Waals surface area contributed by atoms with Gasteiger partial charge in [-0.2, -0.15) is 13.2 Å². The molecule has 1 aromatic heterocycles. The zero-order valence-electron chi connectivity index (χ0n) is 14.5. The van der Waals surface area contributed by atoms with E-state index in [1.807, 2.05) is 0 Å². The molecule has 144 valence electrons. The number of piperidine rings is 3. The standard InChI is InChI=1S/C19H19F3N2OS2/c20-19(21,22)14-9-17(26-11-14)27-15-3-1-13(2-4-15)18(25)23-16-10-24-7-5-12(16)6-8-24/h1-4,9,11-12,16H,5-8,10H2,(H,23,25). The lowest BCUT2D eigenvalue weighted by Crippen LogP contribution is -2.57. The highest BCUT2D eigenvalue weighted by Gasteiger charge is 2.35. The zero-order valence-corrected chi connectivity index (χ0v) is 16.1. The van der Waals surface area contributed by atoms with Gasteiger partial charge in [-0.25, -0.2) is 0 Å². The maximum Gasteiger partial charge on any atom is 0.417 e. The number of halogens is 3. The summed E-state index contributed by atoms with van der Waals surface area (Å²) in [4.78, 5) is 15.7. The van der Waals surface area contributed by atoms with Crippen LogP contribution in [0.1, 0.15) is 28.8 Å². The Kier molecular flexibility index (Phi) is 5.22. The molecule has 4 heterocycles. The molecule has 0 radical (unpaired) electrons. The molecule has 3 nitrogen and oxygen atoms in total. The number of rotatable bonds is 4. The minimum absolute atomic E-state index is 0.0826. The van der Waals surface area contributed by atoms with Crippen LogP contribution in [0.5, 0.6) is 0 Å². The lowest BCUT2D eigenvalue weighted by molar-refractivity contribution is -0.137. The Hall–Kier alpha value is -1.51. The monoisotopic (exact) mass is 412 g/mol. The summed E-state index contributed by atoms with van der Waals surface area (Å²) in [6, 6.07) is 8.39. The molecular weight excluding hydrogens is 393 g/mol. The van der Waals surface area contributed by atoms with Gasteiger partial charge in [-0.1, -0.05) is 11.8 Å². The van der Waals surface area contributed by atoms with Crippen LogP contribution < -0.4 is 5.32 Å². The van der Waals surface area contributed by atoms with Crippen molar-refractivity contribution in [2.45, 2.75) is 34.2 Å². The Morgan fingerprint density at radius 1 is 1.19 bits per heavy atom. The van der Waals surface area contributed by atoms with Gasteiger partial charge >= 0.3 is 6.18 Å². The molecule has 2 aromatic rings. The molecule has 1 aromatic carbocycles. The van der Waals surface area contributed by atoms with Crippen LogP contribution >= 0.6 is 23.1 Å². The largest absolute Gasteiger partial charge is 0.417 e. The van der Waals surface area contributed by atoms with Gasteiger partial charge in [0.1, 0.15) is 0 Å². The van der Waals surface area contributed by atoms with Crippen LogP contribution in [0.2, 0.25) is 0 Å². The van der Waals surface area contributed by atoms with E-state index in [9.17, 15) is 18.0 Å². The molecule has 0 saturated carbocycles. The second-order valence-electron chi connectivity index (χ2n) is 7.00. The van der Waals surface area contributed by atoms with Crippen LogP contribution in [0.15, 0.2) is 44.8 Å². The highest BCUT2D eigenvalue weighted by Crippen LogP contribution is 2.38. The van der Waals surface area contributed by atoms with Crippen molar-refractivity contribution < 1.29 is 18.0 Å². The Morgan fingerprint density at radius 2 is 1.89 bits per heavy atom. The van der Waals surface area contributed by atoms with E-state index in [-0.39, 0.29) is 11.9 Å². The first-order chi connectivity index (χ1) is 12.9. The number of amides is 1. The van der Waals surface area contributed by atoms with Gasteiger partial charge < -0.3 is 10.2 Å². The van der Waals surface area contributed by atoms with Crippen LogP contribution in [0.25, 0.3) is 0 Å². The minimum Gasteiger partial charge on any atom is -0.348 e. The number of thiophene rings is 1. The average Bonchev–Trinajstić information content (AvgIpc) is 3.12. The molecule has 1 atom stereocenters. The summed E-state index contributed by atoms with van der Waals surface area (Å²) in [7, 11) is 0. The van der Waals surface area contributed by atoms with Gasteiger partial charge in [-0.3, -0.25) is 4.79 Å². The number of benzene rings is 1. The lowest BCUT2D eigenvalue weighted by atomic mass is 9.84. The van der Waals surface area contributed by atoms with Crippen LogP contribution in [0.4, 0.5) is 13.2 Å². The van der Waals surface area contributed by atoms with E-state index in [2.05, 4.69) is 10.2 Å². The number of hydrogen-bond donors (Lipinski definition) is 1. The molecule has 3 fully saturated rings. The molecule has 3 aliphatic heterocycles. The molecule has 2 bridgehead atoms. The molecule has 3 aliphatic rings. The fourth-order valence-corrected chi connectivity index (χ4v) is 5.65. The van der Waals surface area contributed by atoms with Gasteiger partial charge in [0.2, 0.25) is 0 Å². The highest BCUT2D eigenvalue weighted by molar-refractivity contribution is 8.01. The summed E-state index contributed by atoms with van der Waals surface area (Å²) in [5.74, 6) is 0.483. The van der Waals surface area contributed by atoms with Crippen molar-refractivity contribution in [3.8, 4) is 0 Å². The van der Waals surface area contributed by atoms with E-state index in [0.29, 0.717) is 15.7 Å². The van der Waals surface area contributed by atoms with Crippen molar-refractivity contribution in [3.63, 3.8) is 0 Å². The van der Waals surface area contributed by atoms with Crippen LogP contribution in [-0.4, -0.2) is 36.5 Å². The summed E-state index contributed by atoms with van der Waals surface area (Å²) in [5.41, 5.74) is -0.0403. The Balaban J connectivity index is 1.37. The Labute approximate surface area is 163 Å². The van der Waals surface area contributed by atoms with Gasteiger partial charge in [0.05, 0.1) is 9.77 Å². The molecule has 0 aliphatic carbocycles. The van der Waals surface area contributed by atoms with E-state index < -0.39 is 11.7 Å². The SMILES string of the molecule is O=C(NC1CN2CCC1CC2)c1ccc(Sc2cc(C(F)(F)F)cs2)cc1. The second-order valence-corrected chi connectivity index (χ2v) is 9.28. The highest BCUT2D eigenvalue weighted by atomic mass is 32.2. The number of hydrogen-bond acceptors (Lipinski definition) is 4. The van der Waals surface area contributed by atoms with Crippen molar-refractivity contribution in [3.05, 3.63) is 46.8 Å². The van der Waals surface area contributed by atoms with E-state index in [1.165, 1.54) is 11.8 Å². The van der Waals surface area contributed by atoms with E-state index >= 15 is 0 Å². The van der Waals surface area contributed by atoms with Crippen LogP contribution in [-0.2, 0) is 6.18 Å². The maximum absolute atomic E-state index is 12.7. The van der Waals surface area contributed by atoms with Gasteiger partial charge in [-0.15, -0.1) is 11.3 Å². The zero-order chi connectivity index (χ0) is 19.0. The Bertz CT molecular complexity index is 811. The average molecular weight is 413 g/mol. The molecule has 3 saturated heterocycles. The third kappa shape index (κ3) is 4.33. The molecule has 8 heteroatoms. The summed E-state index contributed by atoms with van der Waals surface area (Å²) >= 11 is 2.34. The number of fused-ring (bicyclic) bond motifs is 3. The maximum atomic E-state index is 12.7. The van der Waals surface area contributed by atoms with E-state index in [1.54, 1.807) is 24.3 Å². The first-order valence-electron chi connectivity index (χ1n) is 8.85. The fourth-order valence-electron chi connectivity index (χ4n) is 3.69.